The van der Waals surface area contributed by atoms with Crippen molar-refractivity contribution in [3.63, 3.8) is 0 Å². The molecule has 168 valence electrons. The Balaban J connectivity index is 1.37. The van der Waals surface area contributed by atoms with Crippen LogP contribution in [0, 0.1) is 0 Å². The van der Waals surface area contributed by atoms with E-state index in [1.807, 2.05) is 0 Å². The minimum atomic E-state index is -0.183. The molecule has 0 atom stereocenters. The highest BCUT2D eigenvalue weighted by Crippen LogP contribution is 2.31. The monoisotopic (exact) mass is 452 g/mol. The number of hydrogen-bond acceptors (Lipinski definition) is 7. The number of thiazole rings is 1. The average molecular weight is 453 g/mol. The van der Waals surface area contributed by atoms with Crippen molar-refractivity contribution in [1.82, 2.24) is 20.1 Å². The number of nitrogens with one attached hydrogen (secondary N) is 2. The molecule has 0 aliphatic carbocycles. The van der Waals surface area contributed by atoms with Gasteiger partial charge in [0.05, 0.1) is 30.8 Å². The van der Waals surface area contributed by atoms with Gasteiger partial charge in [0.25, 0.3) is 5.91 Å². The summed E-state index contributed by atoms with van der Waals surface area (Å²) in [5, 5.41) is 12.5. The van der Waals surface area contributed by atoms with Crippen LogP contribution < -0.4 is 10.2 Å². The van der Waals surface area contributed by atoms with Crippen molar-refractivity contribution in [1.29, 1.82) is 0 Å². The van der Waals surface area contributed by atoms with Crippen LogP contribution in [0.3, 0.4) is 0 Å². The van der Waals surface area contributed by atoms with Gasteiger partial charge in [-0.15, -0.1) is 11.3 Å². The number of amides is 1. The highest BCUT2D eigenvalue weighted by molar-refractivity contribution is 7.13. The van der Waals surface area contributed by atoms with Gasteiger partial charge < -0.3 is 15.0 Å². The van der Waals surface area contributed by atoms with Gasteiger partial charge in [0.2, 0.25) is 0 Å². The van der Waals surface area contributed by atoms with Gasteiger partial charge >= 0.3 is 0 Å². The van der Waals surface area contributed by atoms with Crippen LogP contribution in [0.2, 0.25) is 0 Å². The molecule has 2 N–H and O–H groups in total. The Morgan fingerprint density at radius 2 is 2.00 bits per heavy atom. The SMILES string of the molecule is O=C(Nc1cc(CN2CCOCC2)ccc1N1CCCCC1)c1csc(-c2cn[nH]c2)n1. The zero-order valence-electron chi connectivity index (χ0n) is 18.0. The van der Waals surface area contributed by atoms with Crippen LogP contribution in [0.25, 0.3) is 10.6 Å². The first-order chi connectivity index (χ1) is 15.8. The van der Waals surface area contributed by atoms with Gasteiger partial charge in [0.15, 0.2) is 0 Å². The van der Waals surface area contributed by atoms with Gasteiger partial charge in [-0.2, -0.15) is 5.10 Å². The molecule has 4 heterocycles. The minimum absolute atomic E-state index is 0.183. The molecule has 1 amide bonds. The van der Waals surface area contributed by atoms with E-state index in [1.165, 1.54) is 36.2 Å². The highest BCUT2D eigenvalue weighted by Gasteiger charge is 2.20. The van der Waals surface area contributed by atoms with Crippen LogP contribution >= 0.6 is 11.3 Å². The molecular formula is C23H28N6O2S. The Bertz CT molecular complexity index is 1040. The number of hydrogen-bond donors (Lipinski definition) is 2. The van der Waals surface area contributed by atoms with Gasteiger partial charge in [-0.05, 0) is 37.0 Å². The van der Waals surface area contributed by atoms with Crippen LogP contribution in [0.4, 0.5) is 11.4 Å². The molecule has 0 unspecified atom stereocenters. The number of aromatic amines is 1. The van der Waals surface area contributed by atoms with E-state index < -0.39 is 0 Å². The topological polar surface area (TPSA) is 86.4 Å². The number of carbonyl (C=O) groups excluding carboxylic acids is 1. The standard InChI is InChI=1S/C23H28N6O2S/c30-22(20-16-32-23(27-20)18-13-24-25-14-18)26-19-12-17(15-28-8-10-31-11-9-28)4-5-21(19)29-6-2-1-3-7-29/h4-5,12-14,16H,1-3,6-11,15H2,(H,24,25)(H,26,30). The summed E-state index contributed by atoms with van der Waals surface area (Å²) in [5.41, 5.74) is 4.46. The highest BCUT2D eigenvalue weighted by atomic mass is 32.1. The number of rotatable bonds is 6. The molecule has 32 heavy (non-hydrogen) atoms. The number of ether oxygens (including phenoxy) is 1. The fraction of sp³-hybridized carbons (Fsp3) is 0.435. The Morgan fingerprint density at radius 3 is 2.78 bits per heavy atom. The average Bonchev–Trinajstić information content (AvgIpc) is 3.53. The third kappa shape index (κ3) is 4.85. The molecule has 1 aromatic carbocycles. The van der Waals surface area contributed by atoms with E-state index in [2.05, 4.69) is 48.5 Å². The van der Waals surface area contributed by atoms with Gasteiger partial charge in [-0.25, -0.2) is 4.98 Å². The maximum atomic E-state index is 13.1. The molecular weight excluding hydrogens is 424 g/mol. The first kappa shape index (κ1) is 21.1. The molecule has 8 nitrogen and oxygen atoms in total. The Labute approximate surface area is 191 Å². The molecule has 2 aromatic heterocycles. The summed E-state index contributed by atoms with van der Waals surface area (Å²) in [5.74, 6) is -0.183. The molecule has 9 heteroatoms. The lowest BCUT2D eigenvalue weighted by Crippen LogP contribution is -2.35. The summed E-state index contributed by atoms with van der Waals surface area (Å²) >= 11 is 1.44. The van der Waals surface area contributed by atoms with Crippen molar-refractivity contribution in [3.8, 4) is 10.6 Å². The van der Waals surface area contributed by atoms with Crippen LogP contribution in [-0.4, -0.2) is 65.4 Å². The number of piperidine rings is 1. The second-order valence-corrected chi connectivity index (χ2v) is 9.12. The predicted molar refractivity (Wildman–Crippen MR) is 126 cm³/mol. The summed E-state index contributed by atoms with van der Waals surface area (Å²) in [7, 11) is 0. The normalized spacial score (nSPS) is 17.4. The summed E-state index contributed by atoms with van der Waals surface area (Å²) in [6, 6.07) is 6.48. The van der Waals surface area contributed by atoms with E-state index in [4.69, 9.17) is 4.74 Å². The van der Waals surface area contributed by atoms with E-state index in [9.17, 15) is 4.79 Å². The number of nitrogens with zero attached hydrogens (tertiary/aromatic N) is 4. The van der Waals surface area contributed by atoms with Crippen molar-refractivity contribution in [2.75, 3.05) is 49.6 Å². The molecule has 0 bridgehead atoms. The second-order valence-electron chi connectivity index (χ2n) is 8.27. The van der Waals surface area contributed by atoms with Crippen molar-refractivity contribution >= 4 is 28.6 Å². The summed E-state index contributed by atoms with van der Waals surface area (Å²) in [6.07, 6.45) is 7.13. The zero-order chi connectivity index (χ0) is 21.8. The van der Waals surface area contributed by atoms with Crippen LogP contribution in [0.5, 0.6) is 0 Å². The lowest BCUT2D eigenvalue weighted by molar-refractivity contribution is 0.0342. The van der Waals surface area contributed by atoms with E-state index >= 15 is 0 Å². The number of morpholine rings is 1. The van der Waals surface area contributed by atoms with Crippen LogP contribution in [0.1, 0.15) is 35.3 Å². The number of anilines is 2. The summed E-state index contributed by atoms with van der Waals surface area (Å²) in [6.45, 7) is 6.32. The van der Waals surface area contributed by atoms with Crippen molar-refractivity contribution in [3.05, 3.63) is 47.2 Å². The van der Waals surface area contributed by atoms with Crippen molar-refractivity contribution in [2.45, 2.75) is 25.8 Å². The predicted octanol–water partition coefficient (Wildman–Crippen LogP) is 3.61. The largest absolute Gasteiger partial charge is 0.379 e. The van der Waals surface area contributed by atoms with E-state index in [0.29, 0.717) is 5.69 Å². The van der Waals surface area contributed by atoms with Gasteiger partial charge in [-0.1, -0.05) is 6.07 Å². The molecule has 0 saturated carbocycles. The number of carbonyl (C=O) groups is 1. The molecule has 0 radical (unpaired) electrons. The van der Waals surface area contributed by atoms with Crippen molar-refractivity contribution in [2.24, 2.45) is 0 Å². The number of benzene rings is 1. The molecule has 0 spiro atoms. The second kappa shape index (κ2) is 9.81. The number of H-pyrrole nitrogens is 1. The Kier molecular flexibility index (Phi) is 6.47. The van der Waals surface area contributed by atoms with Gasteiger partial charge in [0, 0.05) is 49.9 Å². The maximum Gasteiger partial charge on any atom is 0.275 e. The third-order valence-corrected chi connectivity index (χ3v) is 6.89. The molecule has 2 aliphatic rings. The summed E-state index contributed by atoms with van der Waals surface area (Å²) < 4.78 is 5.47. The summed E-state index contributed by atoms with van der Waals surface area (Å²) in [4.78, 5) is 22.4. The molecule has 2 aliphatic heterocycles. The van der Waals surface area contributed by atoms with Crippen LogP contribution in [0.15, 0.2) is 36.0 Å². The zero-order valence-corrected chi connectivity index (χ0v) is 18.9. The molecule has 2 fully saturated rings. The van der Waals surface area contributed by atoms with Crippen LogP contribution in [-0.2, 0) is 11.3 Å². The first-order valence-electron chi connectivity index (χ1n) is 11.2. The first-order valence-corrected chi connectivity index (χ1v) is 12.1. The van der Waals surface area contributed by atoms with Gasteiger partial charge in [0.1, 0.15) is 10.7 Å². The lowest BCUT2D eigenvalue weighted by Gasteiger charge is -2.31. The smallest absolute Gasteiger partial charge is 0.275 e. The lowest BCUT2D eigenvalue weighted by atomic mass is 10.1. The minimum Gasteiger partial charge on any atom is -0.379 e. The third-order valence-electron chi connectivity index (χ3n) is 6.00. The van der Waals surface area contributed by atoms with E-state index in [1.54, 1.807) is 17.8 Å². The molecule has 5 rings (SSSR count). The van der Waals surface area contributed by atoms with E-state index in [0.717, 1.165) is 67.9 Å². The Morgan fingerprint density at radius 1 is 1.16 bits per heavy atom. The fourth-order valence-corrected chi connectivity index (χ4v) is 5.06. The maximum absolute atomic E-state index is 13.1. The van der Waals surface area contributed by atoms with E-state index in [-0.39, 0.29) is 5.91 Å². The van der Waals surface area contributed by atoms with Gasteiger partial charge in [-0.3, -0.25) is 14.8 Å². The number of aromatic nitrogens is 3. The quantitative estimate of drug-likeness (QED) is 0.594. The van der Waals surface area contributed by atoms with Crippen molar-refractivity contribution < 1.29 is 9.53 Å². The fourth-order valence-electron chi connectivity index (χ4n) is 4.27. The molecule has 3 aromatic rings. The Hall–Kier alpha value is -2.75. The molecule has 2 saturated heterocycles.